The van der Waals surface area contributed by atoms with Crippen molar-refractivity contribution in [1.82, 2.24) is 0 Å². The Morgan fingerprint density at radius 3 is 2.60 bits per heavy atom. The Morgan fingerprint density at radius 2 is 2.13 bits per heavy atom. The van der Waals surface area contributed by atoms with Crippen molar-refractivity contribution in [1.29, 1.82) is 0 Å². The Labute approximate surface area is 94.4 Å². The molecule has 7 heteroatoms. The summed E-state index contributed by atoms with van der Waals surface area (Å²) in [5.41, 5.74) is -0.203. The van der Waals surface area contributed by atoms with Gasteiger partial charge in [-0.05, 0) is 12.1 Å². The van der Waals surface area contributed by atoms with Gasteiger partial charge in [-0.3, -0.25) is 10.1 Å². The fraction of sp³-hybridized carbons (Fsp3) is 0.250. The van der Waals surface area contributed by atoms with Crippen molar-refractivity contribution in [2.24, 2.45) is 0 Å². The van der Waals surface area contributed by atoms with Gasteiger partial charge in [-0.15, -0.1) is 0 Å². The molecule has 0 saturated heterocycles. The summed E-state index contributed by atoms with van der Waals surface area (Å²) in [5.74, 6) is -0.809. The standard InChI is InChI=1S/C8H6Cl2FNO3/c9-4-1-2-5(11)8(10)7(4)6(3-13)12(14)15/h1-2,6,13H,3H2. The van der Waals surface area contributed by atoms with Crippen LogP contribution in [0, 0.1) is 15.9 Å². The lowest BCUT2D eigenvalue weighted by Gasteiger charge is -2.10. The summed E-state index contributed by atoms with van der Waals surface area (Å²) in [5, 5.41) is 18.9. The molecular weight excluding hydrogens is 248 g/mol. The van der Waals surface area contributed by atoms with Gasteiger partial charge in [-0.1, -0.05) is 23.2 Å². The Hall–Kier alpha value is -0.910. The highest BCUT2D eigenvalue weighted by Gasteiger charge is 2.28. The van der Waals surface area contributed by atoms with Crippen molar-refractivity contribution in [3.8, 4) is 0 Å². The SMILES string of the molecule is O=[N+]([O-])C(CO)c1c(Cl)ccc(F)c1Cl. The van der Waals surface area contributed by atoms with Gasteiger partial charge in [0.05, 0.1) is 15.6 Å². The van der Waals surface area contributed by atoms with E-state index in [2.05, 4.69) is 0 Å². The first-order valence-corrected chi connectivity index (χ1v) is 4.62. The molecule has 1 aromatic carbocycles. The van der Waals surface area contributed by atoms with Crippen LogP contribution in [0.3, 0.4) is 0 Å². The maximum absolute atomic E-state index is 13.0. The second-order valence-electron chi connectivity index (χ2n) is 2.74. The normalized spacial score (nSPS) is 12.5. The Morgan fingerprint density at radius 1 is 1.53 bits per heavy atom. The third-order valence-electron chi connectivity index (χ3n) is 1.84. The number of hydrogen-bond donors (Lipinski definition) is 1. The highest BCUT2D eigenvalue weighted by Crippen LogP contribution is 2.33. The molecule has 1 aromatic rings. The Bertz CT molecular complexity index is 400. The summed E-state index contributed by atoms with van der Waals surface area (Å²) < 4.78 is 13.0. The number of halogens is 3. The largest absolute Gasteiger partial charge is 0.389 e. The quantitative estimate of drug-likeness (QED) is 0.511. The number of benzene rings is 1. The minimum Gasteiger partial charge on any atom is -0.389 e. The molecule has 0 spiro atoms. The van der Waals surface area contributed by atoms with E-state index in [9.17, 15) is 14.5 Å². The average molecular weight is 254 g/mol. The first-order valence-electron chi connectivity index (χ1n) is 3.86. The van der Waals surface area contributed by atoms with Crippen LogP contribution in [-0.2, 0) is 0 Å². The van der Waals surface area contributed by atoms with Crippen molar-refractivity contribution >= 4 is 23.2 Å². The molecule has 0 aliphatic rings. The summed E-state index contributed by atoms with van der Waals surface area (Å²) in [6.07, 6.45) is 0. The van der Waals surface area contributed by atoms with Crippen molar-refractivity contribution in [3.05, 3.63) is 43.7 Å². The summed E-state index contributed by atoms with van der Waals surface area (Å²) in [7, 11) is 0. The molecule has 0 bridgehead atoms. The van der Waals surface area contributed by atoms with Crippen LogP contribution in [0.25, 0.3) is 0 Å². The van der Waals surface area contributed by atoms with Crippen LogP contribution in [0.2, 0.25) is 10.0 Å². The van der Waals surface area contributed by atoms with E-state index < -0.39 is 28.4 Å². The fourth-order valence-corrected chi connectivity index (χ4v) is 1.73. The first-order chi connectivity index (χ1) is 6.99. The summed E-state index contributed by atoms with van der Waals surface area (Å²) in [6.45, 7) is -0.796. The lowest BCUT2D eigenvalue weighted by molar-refractivity contribution is -0.532. The van der Waals surface area contributed by atoms with Crippen molar-refractivity contribution in [3.63, 3.8) is 0 Å². The molecule has 1 unspecified atom stereocenters. The van der Waals surface area contributed by atoms with Gasteiger partial charge in [0.1, 0.15) is 12.4 Å². The van der Waals surface area contributed by atoms with Crippen LogP contribution in [0.4, 0.5) is 4.39 Å². The zero-order valence-corrected chi connectivity index (χ0v) is 8.80. The molecule has 1 N–H and O–H groups in total. The van der Waals surface area contributed by atoms with E-state index in [4.69, 9.17) is 28.3 Å². The van der Waals surface area contributed by atoms with Crippen LogP contribution < -0.4 is 0 Å². The van der Waals surface area contributed by atoms with Gasteiger partial charge in [0.15, 0.2) is 0 Å². The number of aliphatic hydroxyl groups excluding tert-OH is 1. The third-order valence-corrected chi connectivity index (χ3v) is 2.55. The van der Waals surface area contributed by atoms with Crippen LogP contribution >= 0.6 is 23.2 Å². The van der Waals surface area contributed by atoms with E-state index in [0.717, 1.165) is 12.1 Å². The summed E-state index contributed by atoms with van der Waals surface area (Å²) in [6, 6.07) is 0.646. The topological polar surface area (TPSA) is 63.4 Å². The molecule has 82 valence electrons. The molecule has 1 atom stereocenters. The third kappa shape index (κ3) is 2.37. The highest BCUT2D eigenvalue weighted by molar-refractivity contribution is 6.36. The van der Waals surface area contributed by atoms with E-state index in [0.29, 0.717) is 0 Å². The molecule has 4 nitrogen and oxygen atoms in total. The molecule has 0 aliphatic heterocycles. The van der Waals surface area contributed by atoms with Gasteiger partial charge in [-0.2, -0.15) is 0 Å². The molecule has 0 aliphatic carbocycles. The van der Waals surface area contributed by atoms with Crippen LogP contribution in [0.1, 0.15) is 11.6 Å². The number of aliphatic hydroxyl groups is 1. The molecule has 1 rings (SSSR count). The molecule has 0 saturated carbocycles. The van der Waals surface area contributed by atoms with Gasteiger partial charge in [0.2, 0.25) is 0 Å². The van der Waals surface area contributed by atoms with Gasteiger partial charge in [0.25, 0.3) is 6.04 Å². The highest BCUT2D eigenvalue weighted by atomic mass is 35.5. The number of hydrogen-bond acceptors (Lipinski definition) is 3. The van der Waals surface area contributed by atoms with Gasteiger partial charge in [-0.25, -0.2) is 4.39 Å². The molecule has 0 heterocycles. The number of nitro groups is 1. The van der Waals surface area contributed by atoms with Crippen LogP contribution in [0.5, 0.6) is 0 Å². The van der Waals surface area contributed by atoms with Crippen LogP contribution in [0.15, 0.2) is 12.1 Å². The zero-order chi connectivity index (χ0) is 11.6. The molecule has 0 aromatic heterocycles. The number of nitrogens with zero attached hydrogens (tertiary/aromatic N) is 1. The van der Waals surface area contributed by atoms with Gasteiger partial charge < -0.3 is 5.11 Å². The van der Waals surface area contributed by atoms with E-state index in [1.54, 1.807) is 0 Å². The summed E-state index contributed by atoms with van der Waals surface area (Å²) in [4.78, 5) is 9.78. The van der Waals surface area contributed by atoms with E-state index in [1.807, 2.05) is 0 Å². The fourth-order valence-electron chi connectivity index (χ4n) is 1.11. The minimum atomic E-state index is -1.51. The van der Waals surface area contributed by atoms with Crippen LogP contribution in [-0.4, -0.2) is 16.6 Å². The second kappa shape index (κ2) is 4.74. The smallest absolute Gasteiger partial charge is 0.263 e. The Balaban J connectivity index is 3.34. The molecule has 0 fully saturated rings. The van der Waals surface area contributed by atoms with Crippen molar-refractivity contribution in [2.45, 2.75) is 6.04 Å². The minimum absolute atomic E-state index is 0.0443. The van der Waals surface area contributed by atoms with E-state index in [-0.39, 0.29) is 10.6 Å². The lowest BCUT2D eigenvalue weighted by atomic mass is 10.1. The average Bonchev–Trinajstić information content (AvgIpc) is 2.18. The van der Waals surface area contributed by atoms with Gasteiger partial charge in [0, 0.05) is 4.92 Å². The van der Waals surface area contributed by atoms with Crippen molar-refractivity contribution in [2.75, 3.05) is 6.61 Å². The molecular formula is C8H6Cl2FNO3. The molecule has 15 heavy (non-hydrogen) atoms. The van der Waals surface area contributed by atoms with Crippen molar-refractivity contribution < 1.29 is 14.4 Å². The zero-order valence-electron chi connectivity index (χ0n) is 7.28. The predicted octanol–water partition coefficient (Wildman–Crippen LogP) is 2.44. The van der Waals surface area contributed by atoms with Gasteiger partial charge >= 0.3 is 0 Å². The second-order valence-corrected chi connectivity index (χ2v) is 3.53. The van der Waals surface area contributed by atoms with E-state index >= 15 is 0 Å². The number of rotatable bonds is 3. The maximum atomic E-state index is 13.0. The maximum Gasteiger partial charge on any atom is 0.263 e. The lowest BCUT2D eigenvalue weighted by Crippen LogP contribution is -2.16. The molecule has 0 radical (unpaired) electrons. The monoisotopic (exact) mass is 253 g/mol. The summed E-state index contributed by atoms with van der Waals surface area (Å²) >= 11 is 11.2. The van der Waals surface area contributed by atoms with E-state index in [1.165, 1.54) is 0 Å². The molecule has 0 amide bonds. The first kappa shape index (κ1) is 12.2. The Kier molecular flexibility index (Phi) is 3.84. The predicted molar refractivity (Wildman–Crippen MR) is 53.2 cm³/mol.